The topological polar surface area (TPSA) is 42.2 Å². The Bertz CT molecular complexity index is 607. The van der Waals surface area contributed by atoms with Crippen molar-refractivity contribution in [1.29, 1.82) is 0 Å². The summed E-state index contributed by atoms with van der Waals surface area (Å²) in [6.45, 7) is 0.179. The van der Waals surface area contributed by atoms with Crippen molar-refractivity contribution in [2.45, 2.75) is 6.18 Å². The Hall–Kier alpha value is -1.63. The first-order valence-electron chi connectivity index (χ1n) is 5.43. The van der Waals surface area contributed by atoms with Crippen molar-refractivity contribution in [3.63, 3.8) is 0 Å². The average molecular weight is 289 g/mol. The molecular formula is C12H10F3NO2S. The van der Waals surface area contributed by atoms with Gasteiger partial charge < -0.3 is 9.73 Å². The van der Waals surface area contributed by atoms with Crippen molar-refractivity contribution < 1.29 is 22.4 Å². The van der Waals surface area contributed by atoms with Crippen LogP contribution >= 0.6 is 12.6 Å². The molecule has 0 aliphatic carbocycles. The molecule has 1 aromatic heterocycles. The molecule has 2 rings (SSSR count). The fourth-order valence-electron chi connectivity index (χ4n) is 1.73. The van der Waals surface area contributed by atoms with Crippen LogP contribution in [0.1, 0.15) is 16.1 Å². The summed E-state index contributed by atoms with van der Waals surface area (Å²) in [4.78, 5) is 11.8. The smallest absolute Gasteiger partial charge is 0.450 e. The second-order valence-corrected chi connectivity index (χ2v) is 4.23. The van der Waals surface area contributed by atoms with Crippen molar-refractivity contribution in [3.8, 4) is 0 Å². The predicted molar refractivity (Wildman–Crippen MR) is 67.4 cm³/mol. The molecule has 0 fully saturated rings. The molecule has 1 heterocycles. The SMILES string of the molecule is O=C(NCCS)c1c(C(F)(F)F)oc2ccccc12. The molecule has 0 saturated carbocycles. The molecule has 0 bridgehead atoms. The highest BCUT2D eigenvalue weighted by Crippen LogP contribution is 2.37. The van der Waals surface area contributed by atoms with Gasteiger partial charge in [-0.05, 0) is 6.07 Å². The minimum absolute atomic E-state index is 0.0332. The molecule has 1 aromatic carbocycles. The fraction of sp³-hybridized carbons (Fsp3) is 0.250. The van der Waals surface area contributed by atoms with E-state index >= 15 is 0 Å². The van der Waals surface area contributed by atoms with Crippen molar-refractivity contribution in [3.05, 3.63) is 35.6 Å². The van der Waals surface area contributed by atoms with Gasteiger partial charge in [-0.25, -0.2) is 0 Å². The first kappa shape index (κ1) is 13.8. The molecule has 3 nitrogen and oxygen atoms in total. The fourth-order valence-corrected chi connectivity index (χ4v) is 1.84. The average Bonchev–Trinajstić information content (AvgIpc) is 2.75. The molecule has 0 spiro atoms. The Morgan fingerprint density at radius 3 is 2.63 bits per heavy atom. The summed E-state index contributed by atoms with van der Waals surface area (Å²) in [6.07, 6.45) is -4.72. The summed E-state index contributed by atoms with van der Waals surface area (Å²) in [6, 6.07) is 5.90. The number of para-hydroxylation sites is 1. The van der Waals surface area contributed by atoms with Gasteiger partial charge in [0.1, 0.15) is 5.58 Å². The van der Waals surface area contributed by atoms with Crippen LogP contribution in [0.3, 0.4) is 0 Å². The number of furan rings is 1. The number of rotatable bonds is 3. The summed E-state index contributed by atoms with van der Waals surface area (Å²) in [5.74, 6) is -1.75. The second-order valence-electron chi connectivity index (χ2n) is 3.78. The Kier molecular flexibility index (Phi) is 3.75. The zero-order valence-corrected chi connectivity index (χ0v) is 10.5. The second kappa shape index (κ2) is 5.16. The lowest BCUT2D eigenvalue weighted by Crippen LogP contribution is -2.27. The quantitative estimate of drug-likeness (QED) is 0.853. The van der Waals surface area contributed by atoms with Crippen LogP contribution in [0.15, 0.2) is 28.7 Å². The van der Waals surface area contributed by atoms with E-state index in [2.05, 4.69) is 17.9 Å². The van der Waals surface area contributed by atoms with Crippen LogP contribution < -0.4 is 5.32 Å². The molecular weight excluding hydrogens is 279 g/mol. The van der Waals surface area contributed by atoms with Gasteiger partial charge in [0.15, 0.2) is 0 Å². The summed E-state index contributed by atoms with van der Waals surface area (Å²) in [5.41, 5.74) is -0.448. The van der Waals surface area contributed by atoms with Crippen LogP contribution in [-0.4, -0.2) is 18.2 Å². The van der Waals surface area contributed by atoms with E-state index in [1.807, 2.05) is 0 Å². The number of hydrogen-bond acceptors (Lipinski definition) is 3. The normalized spacial score (nSPS) is 11.8. The number of thiol groups is 1. The maximum absolute atomic E-state index is 12.9. The highest BCUT2D eigenvalue weighted by molar-refractivity contribution is 7.80. The van der Waals surface area contributed by atoms with Crippen molar-refractivity contribution >= 4 is 29.5 Å². The zero-order valence-electron chi connectivity index (χ0n) is 9.62. The van der Waals surface area contributed by atoms with Crippen molar-refractivity contribution in [2.75, 3.05) is 12.3 Å². The lowest BCUT2D eigenvalue weighted by molar-refractivity contribution is -0.152. The highest BCUT2D eigenvalue weighted by Gasteiger charge is 2.41. The van der Waals surface area contributed by atoms with Crippen molar-refractivity contribution in [1.82, 2.24) is 5.32 Å². The number of halogens is 3. The minimum atomic E-state index is -4.72. The summed E-state index contributed by atoms with van der Waals surface area (Å²) < 4.78 is 43.4. The molecule has 1 amide bonds. The lowest BCUT2D eigenvalue weighted by atomic mass is 10.1. The molecule has 102 valence electrons. The minimum Gasteiger partial charge on any atom is -0.451 e. The van der Waals surface area contributed by atoms with Crippen LogP contribution in [-0.2, 0) is 6.18 Å². The van der Waals surface area contributed by atoms with E-state index in [4.69, 9.17) is 4.42 Å². The third kappa shape index (κ3) is 2.70. The van der Waals surface area contributed by atoms with E-state index in [0.29, 0.717) is 5.75 Å². The largest absolute Gasteiger partial charge is 0.451 e. The van der Waals surface area contributed by atoms with E-state index in [1.165, 1.54) is 12.1 Å². The summed E-state index contributed by atoms with van der Waals surface area (Å²) in [7, 11) is 0. The van der Waals surface area contributed by atoms with E-state index in [-0.39, 0.29) is 17.5 Å². The van der Waals surface area contributed by atoms with Crippen LogP contribution in [0, 0.1) is 0 Å². The van der Waals surface area contributed by atoms with Gasteiger partial charge >= 0.3 is 6.18 Å². The first-order valence-corrected chi connectivity index (χ1v) is 6.06. The van der Waals surface area contributed by atoms with E-state index in [9.17, 15) is 18.0 Å². The molecule has 0 unspecified atom stereocenters. The summed E-state index contributed by atoms with van der Waals surface area (Å²) >= 11 is 3.89. The Morgan fingerprint density at radius 1 is 1.32 bits per heavy atom. The van der Waals surface area contributed by atoms with Gasteiger partial charge in [0.05, 0.1) is 5.56 Å². The number of alkyl halides is 3. The third-order valence-electron chi connectivity index (χ3n) is 2.48. The van der Waals surface area contributed by atoms with E-state index < -0.39 is 23.4 Å². The number of fused-ring (bicyclic) bond motifs is 1. The monoisotopic (exact) mass is 289 g/mol. The third-order valence-corrected chi connectivity index (χ3v) is 2.70. The van der Waals surface area contributed by atoms with Crippen LogP contribution in [0.4, 0.5) is 13.2 Å². The van der Waals surface area contributed by atoms with Gasteiger partial charge in [-0.2, -0.15) is 25.8 Å². The molecule has 0 radical (unpaired) electrons. The Morgan fingerprint density at radius 2 is 2.00 bits per heavy atom. The number of carbonyl (C=O) groups excluding carboxylic acids is 1. The molecule has 7 heteroatoms. The molecule has 0 aliphatic rings. The Labute approximate surface area is 112 Å². The van der Waals surface area contributed by atoms with Crippen LogP contribution in [0.2, 0.25) is 0 Å². The summed E-state index contributed by atoms with van der Waals surface area (Å²) in [5, 5.41) is 2.51. The molecule has 0 saturated heterocycles. The first-order chi connectivity index (χ1) is 8.95. The number of carbonyl (C=O) groups is 1. The highest BCUT2D eigenvalue weighted by atomic mass is 32.1. The Balaban J connectivity index is 2.58. The van der Waals surface area contributed by atoms with Gasteiger partial charge in [-0.1, -0.05) is 18.2 Å². The van der Waals surface area contributed by atoms with Crippen molar-refractivity contribution in [2.24, 2.45) is 0 Å². The maximum atomic E-state index is 12.9. The van der Waals surface area contributed by atoms with Gasteiger partial charge in [0.25, 0.3) is 5.91 Å². The van der Waals surface area contributed by atoms with Gasteiger partial charge in [-0.15, -0.1) is 0 Å². The molecule has 2 aromatic rings. The van der Waals surface area contributed by atoms with Gasteiger partial charge in [0.2, 0.25) is 5.76 Å². The molecule has 1 N–H and O–H groups in total. The zero-order chi connectivity index (χ0) is 14.0. The van der Waals surface area contributed by atoms with Crippen LogP contribution in [0.25, 0.3) is 11.0 Å². The van der Waals surface area contributed by atoms with E-state index in [0.717, 1.165) is 0 Å². The standard InChI is InChI=1S/C12H10F3NO2S/c13-12(14,15)10-9(11(17)16-5-6-19)7-3-1-2-4-8(7)18-10/h1-4,19H,5-6H2,(H,16,17). The number of benzene rings is 1. The number of nitrogens with one attached hydrogen (secondary N) is 1. The lowest BCUT2D eigenvalue weighted by Gasteiger charge is -2.06. The molecule has 19 heavy (non-hydrogen) atoms. The maximum Gasteiger partial charge on any atom is 0.450 e. The van der Waals surface area contributed by atoms with Gasteiger partial charge in [-0.3, -0.25) is 4.79 Å². The number of hydrogen-bond donors (Lipinski definition) is 2. The van der Waals surface area contributed by atoms with E-state index in [1.54, 1.807) is 12.1 Å². The number of amides is 1. The predicted octanol–water partition coefficient (Wildman–Crippen LogP) is 3.11. The molecule has 0 aliphatic heterocycles. The van der Waals surface area contributed by atoms with Crippen LogP contribution in [0.5, 0.6) is 0 Å². The van der Waals surface area contributed by atoms with Gasteiger partial charge in [0, 0.05) is 17.7 Å². The molecule has 0 atom stereocenters.